The van der Waals surface area contributed by atoms with E-state index in [0.717, 1.165) is 12.4 Å². The number of anilines is 2. The molecular formula is C15H24N4O3. The lowest BCUT2D eigenvalue weighted by Crippen LogP contribution is -2.24. The summed E-state index contributed by atoms with van der Waals surface area (Å²) in [6.07, 6.45) is -0.170. The number of carbonyl (C=O) groups is 1. The van der Waals surface area contributed by atoms with Crippen molar-refractivity contribution in [3.63, 3.8) is 0 Å². The third-order valence-corrected chi connectivity index (χ3v) is 3.81. The van der Waals surface area contributed by atoms with Crippen LogP contribution in [0.4, 0.5) is 11.5 Å². The Kier molecular flexibility index (Phi) is 5.20. The number of methoxy groups -OCH3 is 1. The van der Waals surface area contributed by atoms with E-state index in [1.165, 1.54) is 7.11 Å². The van der Waals surface area contributed by atoms with Crippen molar-refractivity contribution in [1.82, 2.24) is 9.88 Å². The van der Waals surface area contributed by atoms with E-state index >= 15 is 0 Å². The molecule has 2 heterocycles. The quantitative estimate of drug-likeness (QED) is 0.820. The highest BCUT2D eigenvalue weighted by atomic mass is 16.5. The first-order chi connectivity index (χ1) is 10.4. The number of hydrogen-bond donors (Lipinski definition) is 2. The SMILES string of the molecule is COc1nc(N(C)C)ccc1NC(=O)C[C@@H]1CN(C)C[C@H]1O. The van der Waals surface area contributed by atoms with Crippen molar-refractivity contribution in [2.75, 3.05) is 51.6 Å². The van der Waals surface area contributed by atoms with Gasteiger partial charge in [-0.15, -0.1) is 0 Å². The van der Waals surface area contributed by atoms with Crippen molar-refractivity contribution in [2.45, 2.75) is 12.5 Å². The van der Waals surface area contributed by atoms with E-state index in [9.17, 15) is 9.90 Å². The summed E-state index contributed by atoms with van der Waals surface area (Å²) in [6, 6.07) is 3.59. The highest BCUT2D eigenvalue weighted by Gasteiger charge is 2.30. The number of carbonyl (C=O) groups excluding carboxylic acids is 1. The highest BCUT2D eigenvalue weighted by molar-refractivity contribution is 5.92. The van der Waals surface area contributed by atoms with E-state index in [2.05, 4.69) is 10.3 Å². The number of hydrogen-bond acceptors (Lipinski definition) is 6. The number of amides is 1. The van der Waals surface area contributed by atoms with Crippen molar-refractivity contribution in [3.05, 3.63) is 12.1 Å². The number of aliphatic hydroxyl groups is 1. The molecule has 1 aromatic rings. The van der Waals surface area contributed by atoms with E-state index < -0.39 is 6.10 Å². The first kappa shape index (κ1) is 16.5. The maximum absolute atomic E-state index is 12.2. The van der Waals surface area contributed by atoms with Crippen LogP contribution >= 0.6 is 0 Å². The van der Waals surface area contributed by atoms with Gasteiger partial charge >= 0.3 is 0 Å². The molecule has 0 aromatic carbocycles. The van der Waals surface area contributed by atoms with Crippen LogP contribution in [0.5, 0.6) is 5.88 Å². The molecule has 1 aromatic heterocycles. The predicted octanol–water partition coefficient (Wildman–Crippen LogP) is 0.407. The lowest BCUT2D eigenvalue weighted by molar-refractivity contribution is -0.117. The Bertz CT molecular complexity index is 536. The van der Waals surface area contributed by atoms with Crippen LogP contribution in [0.3, 0.4) is 0 Å². The van der Waals surface area contributed by atoms with Crippen LogP contribution in [-0.4, -0.2) is 68.3 Å². The fourth-order valence-corrected chi connectivity index (χ4v) is 2.64. The second-order valence-corrected chi connectivity index (χ2v) is 5.92. The Labute approximate surface area is 130 Å². The zero-order chi connectivity index (χ0) is 16.3. The number of aliphatic hydroxyl groups excluding tert-OH is 1. The fraction of sp³-hybridized carbons (Fsp3) is 0.600. The minimum Gasteiger partial charge on any atom is -0.479 e. The summed E-state index contributed by atoms with van der Waals surface area (Å²) in [5.41, 5.74) is 0.541. The Morgan fingerprint density at radius 1 is 1.50 bits per heavy atom. The van der Waals surface area contributed by atoms with Gasteiger partial charge in [0.1, 0.15) is 11.5 Å². The van der Waals surface area contributed by atoms with Crippen LogP contribution in [0.2, 0.25) is 0 Å². The number of likely N-dealkylation sites (tertiary alicyclic amines) is 1. The molecule has 1 aliphatic heterocycles. The van der Waals surface area contributed by atoms with Crippen molar-refractivity contribution >= 4 is 17.4 Å². The Balaban J connectivity index is 2.02. The number of likely N-dealkylation sites (N-methyl/N-ethyl adjacent to an activating group) is 1. The van der Waals surface area contributed by atoms with Crippen molar-refractivity contribution in [2.24, 2.45) is 5.92 Å². The third kappa shape index (κ3) is 3.86. The van der Waals surface area contributed by atoms with Crippen LogP contribution in [0.1, 0.15) is 6.42 Å². The zero-order valence-corrected chi connectivity index (χ0v) is 13.5. The van der Waals surface area contributed by atoms with E-state index in [1.54, 1.807) is 6.07 Å². The number of pyridine rings is 1. The minimum absolute atomic E-state index is 0.0370. The van der Waals surface area contributed by atoms with Gasteiger partial charge in [-0.2, -0.15) is 4.98 Å². The molecular weight excluding hydrogens is 284 g/mol. The molecule has 1 fully saturated rings. The summed E-state index contributed by atoms with van der Waals surface area (Å²) in [6.45, 7) is 1.34. The summed E-state index contributed by atoms with van der Waals surface area (Å²) in [4.78, 5) is 20.4. The molecule has 7 nitrogen and oxygen atoms in total. The summed E-state index contributed by atoms with van der Waals surface area (Å²) >= 11 is 0. The van der Waals surface area contributed by atoms with Gasteiger partial charge in [0.15, 0.2) is 0 Å². The Morgan fingerprint density at radius 2 is 2.23 bits per heavy atom. The average molecular weight is 308 g/mol. The Hall–Kier alpha value is -1.86. The average Bonchev–Trinajstić information content (AvgIpc) is 2.76. The highest BCUT2D eigenvalue weighted by Crippen LogP contribution is 2.26. The number of aromatic nitrogens is 1. The van der Waals surface area contributed by atoms with Gasteiger partial charge in [0.05, 0.1) is 13.2 Å². The number of rotatable bonds is 5. The second kappa shape index (κ2) is 6.93. The molecule has 2 N–H and O–H groups in total. The van der Waals surface area contributed by atoms with Crippen LogP contribution in [0, 0.1) is 5.92 Å². The summed E-state index contributed by atoms with van der Waals surface area (Å²) < 4.78 is 5.24. The smallest absolute Gasteiger partial charge is 0.239 e. The van der Waals surface area contributed by atoms with E-state index in [-0.39, 0.29) is 18.2 Å². The van der Waals surface area contributed by atoms with E-state index in [0.29, 0.717) is 18.1 Å². The van der Waals surface area contributed by atoms with Crippen molar-refractivity contribution in [1.29, 1.82) is 0 Å². The molecule has 1 amide bonds. The normalized spacial score (nSPS) is 21.7. The molecule has 1 aliphatic rings. The first-order valence-corrected chi connectivity index (χ1v) is 7.29. The topological polar surface area (TPSA) is 77.9 Å². The number of β-amino-alcohol motifs (C(OH)–C–C–N with tert-alkyl or cyclic N) is 1. The van der Waals surface area contributed by atoms with Crippen LogP contribution in [-0.2, 0) is 4.79 Å². The molecule has 122 valence electrons. The van der Waals surface area contributed by atoms with Crippen LogP contribution < -0.4 is 15.0 Å². The lowest BCUT2D eigenvalue weighted by atomic mass is 10.0. The summed E-state index contributed by atoms with van der Waals surface area (Å²) in [7, 11) is 7.23. The molecule has 0 spiro atoms. The van der Waals surface area contributed by atoms with E-state index in [4.69, 9.17) is 4.74 Å². The largest absolute Gasteiger partial charge is 0.479 e. The molecule has 0 bridgehead atoms. The van der Waals surface area contributed by atoms with Gasteiger partial charge in [0.2, 0.25) is 11.8 Å². The third-order valence-electron chi connectivity index (χ3n) is 3.81. The van der Waals surface area contributed by atoms with Gasteiger partial charge in [-0.05, 0) is 19.2 Å². The van der Waals surface area contributed by atoms with Gasteiger partial charge in [0, 0.05) is 39.5 Å². The van der Waals surface area contributed by atoms with Gasteiger partial charge in [-0.3, -0.25) is 4.79 Å². The maximum atomic E-state index is 12.2. The molecule has 0 radical (unpaired) electrons. The van der Waals surface area contributed by atoms with Crippen LogP contribution in [0.25, 0.3) is 0 Å². The standard InChI is InChI=1S/C15H24N4O3/c1-18(2)13-6-5-11(15(17-13)22-4)16-14(21)7-10-8-19(3)9-12(10)20/h5-6,10,12,20H,7-9H2,1-4H3,(H,16,21)/t10-,12-/m1/s1. The minimum atomic E-state index is -0.452. The molecule has 0 saturated carbocycles. The van der Waals surface area contributed by atoms with Gasteiger partial charge in [-0.1, -0.05) is 0 Å². The second-order valence-electron chi connectivity index (χ2n) is 5.92. The van der Waals surface area contributed by atoms with Gasteiger partial charge < -0.3 is 25.0 Å². The van der Waals surface area contributed by atoms with Gasteiger partial charge in [0.25, 0.3) is 0 Å². The van der Waals surface area contributed by atoms with Gasteiger partial charge in [-0.25, -0.2) is 0 Å². The fourth-order valence-electron chi connectivity index (χ4n) is 2.64. The first-order valence-electron chi connectivity index (χ1n) is 7.29. The molecule has 1 saturated heterocycles. The zero-order valence-electron chi connectivity index (χ0n) is 13.5. The molecule has 22 heavy (non-hydrogen) atoms. The molecule has 2 atom stereocenters. The molecule has 0 unspecified atom stereocenters. The maximum Gasteiger partial charge on any atom is 0.239 e. The summed E-state index contributed by atoms with van der Waals surface area (Å²) in [5.74, 6) is 0.952. The molecule has 0 aliphatic carbocycles. The predicted molar refractivity (Wildman–Crippen MR) is 85.4 cm³/mol. The number of nitrogens with zero attached hydrogens (tertiary/aromatic N) is 3. The van der Waals surface area contributed by atoms with Crippen molar-refractivity contribution in [3.8, 4) is 5.88 Å². The van der Waals surface area contributed by atoms with E-state index in [1.807, 2.05) is 37.0 Å². The number of ether oxygens (including phenoxy) is 1. The van der Waals surface area contributed by atoms with Crippen molar-refractivity contribution < 1.29 is 14.6 Å². The molecule has 2 rings (SSSR count). The van der Waals surface area contributed by atoms with Crippen LogP contribution in [0.15, 0.2) is 12.1 Å². The number of nitrogens with one attached hydrogen (secondary N) is 1. The Morgan fingerprint density at radius 3 is 2.77 bits per heavy atom. The lowest BCUT2D eigenvalue weighted by Gasteiger charge is -2.16. The summed E-state index contributed by atoms with van der Waals surface area (Å²) in [5, 5.41) is 12.7. The molecule has 7 heteroatoms. The monoisotopic (exact) mass is 308 g/mol.